The first-order chi connectivity index (χ1) is 8.15. The van der Waals surface area contributed by atoms with Crippen molar-refractivity contribution in [2.45, 2.75) is 25.3 Å². The van der Waals surface area contributed by atoms with Crippen molar-refractivity contribution in [1.29, 1.82) is 0 Å². The molecular formula is C13H16BrNO2. The third kappa shape index (κ3) is 3.54. The standard InChI is InChI=1S/C13H16BrNO2/c14-11-4-1-9(2-5-11)7-10-3-6-12(13(16)17)15-8-10/h1-2,4-5,10,12,15H,3,6-8H2,(H,16,17)/t10-,12?/m1/s1. The van der Waals surface area contributed by atoms with Crippen LogP contribution in [0.15, 0.2) is 28.7 Å². The number of nitrogens with one attached hydrogen (secondary N) is 1. The van der Waals surface area contributed by atoms with Gasteiger partial charge in [-0.05, 0) is 49.4 Å². The fourth-order valence-corrected chi connectivity index (χ4v) is 2.52. The van der Waals surface area contributed by atoms with E-state index in [9.17, 15) is 4.79 Å². The highest BCUT2D eigenvalue weighted by molar-refractivity contribution is 9.10. The molecule has 0 bridgehead atoms. The van der Waals surface area contributed by atoms with Crippen LogP contribution in [0.2, 0.25) is 0 Å². The molecule has 0 aromatic heterocycles. The molecule has 0 spiro atoms. The molecule has 0 radical (unpaired) electrons. The van der Waals surface area contributed by atoms with E-state index in [4.69, 9.17) is 5.11 Å². The first kappa shape index (κ1) is 12.6. The molecule has 1 aromatic carbocycles. The van der Waals surface area contributed by atoms with Crippen molar-refractivity contribution in [3.63, 3.8) is 0 Å². The quantitative estimate of drug-likeness (QED) is 0.901. The second-order valence-corrected chi connectivity index (χ2v) is 5.49. The first-order valence-electron chi connectivity index (χ1n) is 5.86. The second-order valence-electron chi connectivity index (χ2n) is 4.57. The summed E-state index contributed by atoms with van der Waals surface area (Å²) in [6.45, 7) is 0.799. The number of piperidine rings is 1. The summed E-state index contributed by atoms with van der Waals surface area (Å²) in [6.07, 6.45) is 2.74. The van der Waals surface area contributed by atoms with Crippen LogP contribution in [0.25, 0.3) is 0 Å². The van der Waals surface area contributed by atoms with E-state index in [1.807, 2.05) is 12.1 Å². The molecule has 2 N–H and O–H groups in total. The molecule has 92 valence electrons. The number of halogens is 1. The van der Waals surface area contributed by atoms with Crippen LogP contribution in [-0.2, 0) is 11.2 Å². The van der Waals surface area contributed by atoms with Gasteiger partial charge < -0.3 is 10.4 Å². The maximum absolute atomic E-state index is 10.8. The minimum Gasteiger partial charge on any atom is -0.480 e. The third-order valence-electron chi connectivity index (χ3n) is 3.25. The third-order valence-corrected chi connectivity index (χ3v) is 3.78. The monoisotopic (exact) mass is 297 g/mol. The molecule has 1 aliphatic rings. The number of aliphatic carboxylic acids is 1. The van der Waals surface area contributed by atoms with Gasteiger partial charge in [-0.2, -0.15) is 0 Å². The fourth-order valence-electron chi connectivity index (χ4n) is 2.25. The molecule has 3 nitrogen and oxygen atoms in total. The van der Waals surface area contributed by atoms with Gasteiger partial charge in [-0.25, -0.2) is 0 Å². The summed E-state index contributed by atoms with van der Waals surface area (Å²) in [4.78, 5) is 10.8. The minimum absolute atomic E-state index is 0.351. The van der Waals surface area contributed by atoms with E-state index < -0.39 is 5.97 Å². The zero-order valence-corrected chi connectivity index (χ0v) is 11.1. The number of rotatable bonds is 3. The number of carboxylic acids is 1. The molecule has 17 heavy (non-hydrogen) atoms. The van der Waals surface area contributed by atoms with Crippen LogP contribution in [0, 0.1) is 5.92 Å². The summed E-state index contributed by atoms with van der Waals surface area (Å²) < 4.78 is 1.09. The molecule has 1 aliphatic heterocycles. The number of carboxylic acid groups (broad SMARTS) is 1. The Hall–Kier alpha value is -0.870. The Balaban J connectivity index is 1.85. The Morgan fingerprint density at radius 2 is 2.06 bits per heavy atom. The molecule has 0 saturated carbocycles. The minimum atomic E-state index is -0.730. The largest absolute Gasteiger partial charge is 0.480 e. The summed E-state index contributed by atoms with van der Waals surface area (Å²) in [5.41, 5.74) is 1.31. The summed E-state index contributed by atoms with van der Waals surface area (Å²) in [6, 6.07) is 7.98. The van der Waals surface area contributed by atoms with Gasteiger partial charge >= 0.3 is 5.97 Å². The molecule has 1 fully saturated rings. The molecular weight excluding hydrogens is 282 g/mol. The van der Waals surface area contributed by atoms with E-state index in [1.54, 1.807) is 0 Å². The van der Waals surface area contributed by atoms with Gasteiger partial charge in [-0.1, -0.05) is 28.1 Å². The Morgan fingerprint density at radius 3 is 2.59 bits per heavy atom. The van der Waals surface area contributed by atoms with Crippen LogP contribution in [0.3, 0.4) is 0 Å². The fraction of sp³-hybridized carbons (Fsp3) is 0.462. The predicted molar refractivity (Wildman–Crippen MR) is 70.0 cm³/mol. The van der Waals surface area contributed by atoms with Crippen molar-refractivity contribution < 1.29 is 9.90 Å². The number of hydrogen-bond donors (Lipinski definition) is 2. The Labute approximate surface area is 109 Å². The van der Waals surface area contributed by atoms with Crippen molar-refractivity contribution in [3.8, 4) is 0 Å². The molecule has 1 heterocycles. The van der Waals surface area contributed by atoms with Crippen LogP contribution < -0.4 is 5.32 Å². The summed E-state index contributed by atoms with van der Waals surface area (Å²) in [7, 11) is 0. The average molecular weight is 298 g/mol. The number of benzene rings is 1. The van der Waals surface area contributed by atoms with Gasteiger partial charge in [-0.3, -0.25) is 4.79 Å². The van der Waals surface area contributed by atoms with Gasteiger partial charge in [0.25, 0.3) is 0 Å². The smallest absolute Gasteiger partial charge is 0.320 e. The Morgan fingerprint density at radius 1 is 1.35 bits per heavy atom. The second kappa shape index (κ2) is 5.65. The first-order valence-corrected chi connectivity index (χ1v) is 6.65. The summed E-state index contributed by atoms with van der Waals surface area (Å²) in [5.74, 6) is -0.182. The van der Waals surface area contributed by atoms with Crippen LogP contribution >= 0.6 is 15.9 Å². The van der Waals surface area contributed by atoms with Gasteiger partial charge in [0.05, 0.1) is 0 Å². The van der Waals surface area contributed by atoms with E-state index in [-0.39, 0.29) is 6.04 Å². The van der Waals surface area contributed by atoms with E-state index in [0.717, 1.165) is 30.3 Å². The number of hydrogen-bond acceptors (Lipinski definition) is 2. The maximum atomic E-state index is 10.8. The molecule has 1 unspecified atom stereocenters. The van der Waals surface area contributed by atoms with Crippen LogP contribution in [-0.4, -0.2) is 23.7 Å². The zero-order valence-electron chi connectivity index (χ0n) is 9.53. The van der Waals surface area contributed by atoms with Gasteiger partial charge in [-0.15, -0.1) is 0 Å². The summed E-state index contributed by atoms with van der Waals surface area (Å²) >= 11 is 3.42. The lowest BCUT2D eigenvalue weighted by Gasteiger charge is -2.27. The number of carbonyl (C=O) groups is 1. The SMILES string of the molecule is O=C(O)C1CC[C@H](Cc2ccc(Br)cc2)CN1. The van der Waals surface area contributed by atoms with E-state index in [1.165, 1.54) is 5.56 Å². The normalized spacial score (nSPS) is 24.5. The highest BCUT2D eigenvalue weighted by Crippen LogP contribution is 2.20. The Bertz CT molecular complexity index is 383. The van der Waals surface area contributed by atoms with Crippen molar-refractivity contribution in [2.24, 2.45) is 5.92 Å². The van der Waals surface area contributed by atoms with Gasteiger partial charge in [0.1, 0.15) is 6.04 Å². The van der Waals surface area contributed by atoms with Crippen LogP contribution in [0.5, 0.6) is 0 Å². The molecule has 4 heteroatoms. The van der Waals surface area contributed by atoms with Crippen molar-refractivity contribution >= 4 is 21.9 Å². The van der Waals surface area contributed by atoms with E-state index >= 15 is 0 Å². The van der Waals surface area contributed by atoms with E-state index in [2.05, 4.69) is 33.4 Å². The zero-order chi connectivity index (χ0) is 12.3. The lowest BCUT2D eigenvalue weighted by molar-refractivity contribution is -0.140. The lowest BCUT2D eigenvalue weighted by Crippen LogP contribution is -2.44. The van der Waals surface area contributed by atoms with Crippen LogP contribution in [0.1, 0.15) is 18.4 Å². The average Bonchev–Trinajstić information content (AvgIpc) is 2.33. The molecule has 1 aromatic rings. The molecule has 0 amide bonds. The van der Waals surface area contributed by atoms with Gasteiger partial charge in [0.15, 0.2) is 0 Å². The Kier molecular flexibility index (Phi) is 4.18. The highest BCUT2D eigenvalue weighted by Gasteiger charge is 2.25. The maximum Gasteiger partial charge on any atom is 0.320 e. The lowest BCUT2D eigenvalue weighted by atomic mass is 9.89. The molecule has 0 aliphatic carbocycles. The van der Waals surface area contributed by atoms with Crippen molar-refractivity contribution in [2.75, 3.05) is 6.54 Å². The molecule has 2 rings (SSSR count). The predicted octanol–water partition coefficient (Wildman–Crippen LogP) is 2.44. The van der Waals surface area contributed by atoms with Crippen LogP contribution in [0.4, 0.5) is 0 Å². The molecule has 1 saturated heterocycles. The van der Waals surface area contributed by atoms with Gasteiger partial charge in [0.2, 0.25) is 0 Å². The van der Waals surface area contributed by atoms with E-state index in [0.29, 0.717) is 5.92 Å². The molecule has 2 atom stereocenters. The summed E-state index contributed by atoms with van der Waals surface area (Å²) in [5, 5.41) is 12.0. The highest BCUT2D eigenvalue weighted by atomic mass is 79.9. The van der Waals surface area contributed by atoms with Crippen molar-refractivity contribution in [1.82, 2.24) is 5.32 Å². The van der Waals surface area contributed by atoms with Crippen molar-refractivity contribution in [3.05, 3.63) is 34.3 Å². The topological polar surface area (TPSA) is 49.3 Å². The van der Waals surface area contributed by atoms with Gasteiger partial charge in [0, 0.05) is 4.47 Å².